The highest BCUT2D eigenvalue weighted by atomic mass is 32.1. The molecule has 1 aliphatic rings. The number of benzene rings is 1. The molecule has 0 spiro atoms. The van der Waals surface area contributed by atoms with Crippen LogP contribution in [-0.2, 0) is 0 Å². The van der Waals surface area contributed by atoms with Crippen LogP contribution in [-0.4, -0.2) is 12.5 Å². The number of fused-ring (bicyclic) bond motifs is 1. The van der Waals surface area contributed by atoms with Crippen LogP contribution in [0, 0.1) is 13.8 Å². The minimum Gasteiger partial charge on any atom is -0.493 e. The number of thiophene rings is 1. The number of ether oxygens (including phenoxy) is 1. The van der Waals surface area contributed by atoms with E-state index in [4.69, 9.17) is 4.74 Å². The van der Waals surface area contributed by atoms with E-state index in [1.54, 1.807) is 17.4 Å². The second-order valence-electron chi connectivity index (χ2n) is 6.79. The van der Waals surface area contributed by atoms with Crippen LogP contribution < -0.4 is 10.1 Å². The molecule has 1 unspecified atom stereocenters. The molecular weight excluding hydrogens is 342 g/mol. The molecule has 1 atom stereocenters. The summed E-state index contributed by atoms with van der Waals surface area (Å²) in [6, 6.07) is 7.98. The zero-order valence-electron chi connectivity index (χ0n) is 16.4. The van der Waals surface area contributed by atoms with E-state index in [1.165, 1.54) is 16.0 Å². The van der Waals surface area contributed by atoms with Crippen molar-refractivity contribution in [1.82, 2.24) is 5.32 Å². The SMILES string of the molecule is C=CC.Cc1sc(C(=O)NC2CCOc3ccccc32)c(C(C)C)c1C. The van der Waals surface area contributed by atoms with E-state index in [2.05, 4.69) is 39.6 Å². The first-order valence-electron chi connectivity index (χ1n) is 9.10. The van der Waals surface area contributed by atoms with Crippen LogP contribution in [0.4, 0.5) is 0 Å². The van der Waals surface area contributed by atoms with Crippen molar-refractivity contribution in [3.63, 3.8) is 0 Å². The summed E-state index contributed by atoms with van der Waals surface area (Å²) in [6.45, 7) is 14.4. The van der Waals surface area contributed by atoms with Crippen LogP contribution in [0.25, 0.3) is 0 Å². The molecule has 1 aromatic heterocycles. The molecule has 3 rings (SSSR count). The minimum absolute atomic E-state index is 0.0233. The third-order valence-electron chi connectivity index (χ3n) is 4.48. The van der Waals surface area contributed by atoms with Gasteiger partial charge in [-0.1, -0.05) is 38.1 Å². The van der Waals surface area contributed by atoms with Gasteiger partial charge in [0.05, 0.1) is 17.5 Å². The number of allylic oxidation sites excluding steroid dienone is 1. The molecule has 0 radical (unpaired) electrons. The van der Waals surface area contributed by atoms with Gasteiger partial charge in [-0.25, -0.2) is 0 Å². The quantitative estimate of drug-likeness (QED) is 0.679. The van der Waals surface area contributed by atoms with Crippen molar-refractivity contribution in [2.75, 3.05) is 6.61 Å². The fourth-order valence-electron chi connectivity index (χ4n) is 3.22. The Kier molecular flexibility index (Phi) is 7.04. The van der Waals surface area contributed by atoms with Crippen molar-refractivity contribution in [1.29, 1.82) is 0 Å². The summed E-state index contributed by atoms with van der Waals surface area (Å²) in [5, 5.41) is 3.22. The van der Waals surface area contributed by atoms with Crippen molar-refractivity contribution < 1.29 is 9.53 Å². The average molecular weight is 372 g/mol. The summed E-state index contributed by atoms with van der Waals surface area (Å²) in [7, 11) is 0. The molecule has 140 valence electrons. The summed E-state index contributed by atoms with van der Waals surface area (Å²) in [6.07, 6.45) is 2.56. The molecule has 0 saturated heterocycles. The van der Waals surface area contributed by atoms with Crippen LogP contribution in [0.15, 0.2) is 36.9 Å². The number of aryl methyl sites for hydroxylation is 1. The first-order valence-corrected chi connectivity index (χ1v) is 9.91. The standard InChI is InChI=1S/C19H23NO2S.C3H6/c1-11(2)17-12(3)13(4)23-18(17)19(21)20-15-9-10-22-16-8-6-5-7-14(15)16;1-3-2/h5-8,11,15H,9-10H2,1-4H3,(H,20,21);3H,1H2,2H3. The monoisotopic (exact) mass is 371 g/mol. The highest BCUT2D eigenvalue weighted by Crippen LogP contribution is 2.35. The third kappa shape index (κ3) is 4.36. The van der Waals surface area contributed by atoms with Crippen molar-refractivity contribution in [2.45, 2.75) is 53.0 Å². The maximum atomic E-state index is 12.9. The van der Waals surface area contributed by atoms with Gasteiger partial charge in [0.15, 0.2) is 0 Å². The fraction of sp³-hybridized carbons (Fsp3) is 0.409. The number of para-hydroxylation sites is 1. The lowest BCUT2D eigenvalue weighted by Gasteiger charge is -2.26. The second kappa shape index (κ2) is 9.04. The van der Waals surface area contributed by atoms with E-state index >= 15 is 0 Å². The highest BCUT2D eigenvalue weighted by molar-refractivity contribution is 7.14. The maximum Gasteiger partial charge on any atom is 0.262 e. The fourth-order valence-corrected chi connectivity index (χ4v) is 4.44. The Labute approximate surface area is 161 Å². The van der Waals surface area contributed by atoms with E-state index in [0.717, 1.165) is 22.6 Å². The van der Waals surface area contributed by atoms with E-state index in [9.17, 15) is 4.79 Å². The molecule has 1 aliphatic heterocycles. The van der Waals surface area contributed by atoms with Crippen molar-refractivity contribution >= 4 is 17.2 Å². The van der Waals surface area contributed by atoms with E-state index in [0.29, 0.717) is 12.5 Å². The molecule has 0 fully saturated rings. The Morgan fingerprint density at radius 2 is 2.00 bits per heavy atom. The second-order valence-corrected chi connectivity index (χ2v) is 8.01. The Morgan fingerprint density at radius 3 is 2.65 bits per heavy atom. The molecule has 2 heterocycles. The van der Waals surface area contributed by atoms with Crippen LogP contribution in [0.5, 0.6) is 5.75 Å². The van der Waals surface area contributed by atoms with Crippen molar-refractivity contribution in [3.05, 3.63) is 63.4 Å². The number of nitrogens with one attached hydrogen (secondary N) is 1. The van der Waals surface area contributed by atoms with Gasteiger partial charge in [-0.15, -0.1) is 17.9 Å². The van der Waals surface area contributed by atoms with Gasteiger partial charge in [0.2, 0.25) is 0 Å². The predicted molar refractivity (Wildman–Crippen MR) is 111 cm³/mol. The molecule has 26 heavy (non-hydrogen) atoms. The number of hydrogen-bond acceptors (Lipinski definition) is 3. The molecule has 1 N–H and O–H groups in total. The summed E-state index contributed by atoms with van der Waals surface area (Å²) in [5.74, 6) is 1.27. The molecule has 0 saturated carbocycles. The smallest absolute Gasteiger partial charge is 0.262 e. The zero-order chi connectivity index (χ0) is 19.3. The third-order valence-corrected chi connectivity index (χ3v) is 5.70. The Bertz CT molecular complexity index is 776. The lowest BCUT2D eigenvalue weighted by molar-refractivity contribution is 0.0927. The number of amides is 1. The summed E-state index contributed by atoms with van der Waals surface area (Å²) in [5.41, 5.74) is 3.51. The van der Waals surface area contributed by atoms with Gasteiger partial charge in [0, 0.05) is 16.9 Å². The lowest BCUT2D eigenvalue weighted by Crippen LogP contribution is -2.32. The predicted octanol–water partition coefficient (Wildman–Crippen LogP) is 5.93. The van der Waals surface area contributed by atoms with Crippen LogP contribution in [0.2, 0.25) is 0 Å². The maximum absolute atomic E-state index is 12.9. The molecule has 1 aromatic carbocycles. The molecule has 2 aromatic rings. The van der Waals surface area contributed by atoms with E-state index in [-0.39, 0.29) is 11.9 Å². The molecule has 0 bridgehead atoms. The minimum atomic E-state index is 0.0233. The summed E-state index contributed by atoms with van der Waals surface area (Å²) < 4.78 is 5.68. The van der Waals surface area contributed by atoms with Gasteiger partial charge in [-0.3, -0.25) is 4.79 Å². The molecule has 0 aliphatic carbocycles. The van der Waals surface area contributed by atoms with Gasteiger partial charge >= 0.3 is 0 Å². The topological polar surface area (TPSA) is 38.3 Å². The number of rotatable bonds is 3. The van der Waals surface area contributed by atoms with Crippen LogP contribution >= 0.6 is 11.3 Å². The average Bonchev–Trinajstić information content (AvgIpc) is 2.91. The molecule has 1 amide bonds. The van der Waals surface area contributed by atoms with Crippen LogP contribution in [0.1, 0.15) is 70.4 Å². The van der Waals surface area contributed by atoms with Gasteiger partial charge in [0.25, 0.3) is 5.91 Å². The van der Waals surface area contributed by atoms with Crippen LogP contribution in [0.3, 0.4) is 0 Å². The Balaban J connectivity index is 0.000000758. The van der Waals surface area contributed by atoms with Gasteiger partial charge in [0.1, 0.15) is 5.75 Å². The van der Waals surface area contributed by atoms with Gasteiger partial charge < -0.3 is 10.1 Å². The zero-order valence-corrected chi connectivity index (χ0v) is 17.2. The lowest BCUT2D eigenvalue weighted by atomic mass is 9.97. The van der Waals surface area contributed by atoms with E-state index in [1.807, 2.05) is 31.2 Å². The van der Waals surface area contributed by atoms with Gasteiger partial charge in [-0.2, -0.15) is 0 Å². The Hall–Kier alpha value is -2.07. The summed E-state index contributed by atoms with van der Waals surface area (Å²) in [4.78, 5) is 15.0. The normalized spacial score (nSPS) is 15.4. The van der Waals surface area contributed by atoms with Crippen molar-refractivity contribution in [3.8, 4) is 5.75 Å². The largest absolute Gasteiger partial charge is 0.493 e. The highest BCUT2D eigenvalue weighted by Gasteiger charge is 2.26. The molecule has 4 heteroatoms. The first kappa shape index (κ1) is 20.2. The molecule has 3 nitrogen and oxygen atoms in total. The van der Waals surface area contributed by atoms with E-state index < -0.39 is 0 Å². The first-order chi connectivity index (χ1) is 12.4. The number of carbonyl (C=O) groups excluding carboxylic acids is 1. The number of hydrogen-bond donors (Lipinski definition) is 1. The Morgan fingerprint density at radius 1 is 1.35 bits per heavy atom. The number of carbonyl (C=O) groups is 1. The van der Waals surface area contributed by atoms with Crippen molar-refractivity contribution in [2.24, 2.45) is 0 Å². The summed E-state index contributed by atoms with van der Waals surface area (Å²) >= 11 is 1.60. The van der Waals surface area contributed by atoms with Gasteiger partial charge in [-0.05, 0) is 43.9 Å². The molecular formula is C22H29NO2S.